The van der Waals surface area contributed by atoms with Crippen LogP contribution in [0.25, 0.3) is 0 Å². The van der Waals surface area contributed by atoms with Crippen LogP contribution in [-0.4, -0.2) is 29.2 Å². The molecule has 0 radical (unpaired) electrons. The number of amides is 3. The third kappa shape index (κ3) is 3.74. The van der Waals surface area contributed by atoms with Crippen molar-refractivity contribution in [1.29, 1.82) is 0 Å². The van der Waals surface area contributed by atoms with Gasteiger partial charge in [-0.15, -0.1) is 0 Å². The van der Waals surface area contributed by atoms with Gasteiger partial charge in [-0.3, -0.25) is 14.5 Å². The maximum Gasteiger partial charge on any atom is 0.325 e. The van der Waals surface area contributed by atoms with E-state index in [9.17, 15) is 14.4 Å². The van der Waals surface area contributed by atoms with Crippen LogP contribution in [-0.2, 0) is 15.7 Å². The minimum Gasteiger partial charge on any atom is -0.319 e. The number of urea groups is 1. The second-order valence-corrected chi connectivity index (χ2v) is 9.12. The number of benzene rings is 2. The summed E-state index contributed by atoms with van der Waals surface area (Å²) in [7, 11) is 0. The monoisotopic (exact) mass is 442 g/mol. The highest BCUT2D eigenvalue weighted by atomic mass is 79.9. The van der Waals surface area contributed by atoms with E-state index in [0.717, 1.165) is 14.9 Å². The Bertz CT molecular complexity index is 947. The Balaban J connectivity index is 1.80. The van der Waals surface area contributed by atoms with Crippen LogP contribution in [0.1, 0.15) is 49.2 Å². The van der Waals surface area contributed by atoms with E-state index >= 15 is 0 Å². The third-order valence-electron chi connectivity index (χ3n) is 5.05. The molecule has 1 atom stereocenters. The first kappa shape index (κ1) is 20.3. The van der Waals surface area contributed by atoms with Crippen molar-refractivity contribution in [2.45, 2.75) is 38.6 Å². The first-order valence-corrected chi connectivity index (χ1v) is 9.85. The fourth-order valence-corrected chi connectivity index (χ4v) is 3.63. The Morgan fingerprint density at radius 2 is 1.75 bits per heavy atom. The van der Waals surface area contributed by atoms with Gasteiger partial charge in [-0.2, -0.15) is 0 Å². The Morgan fingerprint density at radius 1 is 1.11 bits per heavy atom. The van der Waals surface area contributed by atoms with Crippen LogP contribution >= 0.6 is 15.9 Å². The summed E-state index contributed by atoms with van der Waals surface area (Å²) in [5.74, 6) is -0.710. The van der Waals surface area contributed by atoms with Crippen molar-refractivity contribution in [3.8, 4) is 0 Å². The van der Waals surface area contributed by atoms with Crippen molar-refractivity contribution < 1.29 is 14.4 Å². The summed E-state index contributed by atoms with van der Waals surface area (Å²) in [6.07, 6.45) is 0. The number of rotatable bonds is 4. The first-order chi connectivity index (χ1) is 13.0. The molecule has 2 aromatic carbocycles. The van der Waals surface area contributed by atoms with Gasteiger partial charge in [0.05, 0.1) is 6.54 Å². The molecule has 28 heavy (non-hydrogen) atoms. The zero-order valence-corrected chi connectivity index (χ0v) is 18.0. The highest BCUT2D eigenvalue weighted by Gasteiger charge is 2.49. The molecule has 5 nitrogen and oxygen atoms in total. The van der Waals surface area contributed by atoms with Gasteiger partial charge in [0.25, 0.3) is 5.91 Å². The smallest absolute Gasteiger partial charge is 0.319 e. The van der Waals surface area contributed by atoms with Crippen LogP contribution in [0.15, 0.2) is 53.0 Å². The molecule has 3 rings (SSSR count). The maximum atomic E-state index is 13.0. The van der Waals surface area contributed by atoms with Gasteiger partial charge in [-0.25, -0.2) is 4.79 Å². The van der Waals surface area contributed by atoms with Gasteiger partial charge >= 0.3 is 6.03 Å². The van der Waals surface area contributed by atoms with Gasteiger partial charge in [-0.05, 0) is 35.6 Å². The molecule has 0 saturated carbocycles. The van der Waals surface area contributed by atoms with Gasteiger partial charge in [0.2, 0.25) is 0 Å². The summed E-state index contributed by atoms with van der Waals surface area (Å²) < 4.78 is 0.807. The Morgan fingerprint density at radius 3 is 2.32 bits per heavy atom. The summed E-state index contributed by atoms with van der Waals surface area (Å²) in [6.45, 7) is 7.65. The molecule has 1 aliphatic rings. The highest BCUT2D eigenvalue weighted by molar-refractivity contribution is 9.10. The summed E-state index contributed by atoms with van der Waals surface area (Å²) >= 11 is 3.38. The lowest BCUT2D eigenvalue weighted by Crippen LogP contribution is -2.41. The van der Waals surface area contributed by atoms with Crippen molar-refractivity contribution in [2.24, 2.45) is 0 Å². The van der Waals surface area contributed by atoms with Gasteiger partial charge in [0.15, 0.2) is 5.78 Å². The molecule has 6 heteroatoms. The molecule has 0 bridgehead atoms. The van der Waals surface area contributed by atoms with Crippen LogP contribution in [0.2, 0.25) is 0 Å². The molecule has 2 aromatic rings. The molecule has 3 amide bonds. The minimum absolute atomic E-state index is 0.0157. The average molecular weight is 443 g/mol. The lowest BCUT2D eigenvalue weighted by Gasteiger charge is -2.22. The summed E-state index contributed by atoms with van der Waals surface area (Å²) in [6, 6.07) is 13.9. The topological polar surface area (TPSA) is 66.5 Å². The molecule has 1 heterocycles. The van der Waals surface area contributed by atoms with E-state index in [0.29, 0.717) is 11.1 Å². The maximum absolute atomic E-state index is 13.0. The average Bonchev–Trinajstić information content (AvgIpc) is 2.85. The van der Waals surface area contributed by atoms with Crippen LogP contribution < -0.4 is 5.32 Å². The largest absolute Gasteiger partial charge is 0.325 e. The molecular formula is C22H23BrN2O3. The molecule has 1 aliphatic heterocycles. The third-order valence-corrected chi connectivity index (χ3v) is 5.54. The quantitative estimate of drug-likeness (QED) is 0.563. The van der Waals surface area contributed by atoms with E-state index in [1.54, 1.807) is 37.3 Å². The Hall–Kier alpha value is -2.47. The van der Waals surface area contributed by atoms with E-state index in [-0.39, 0.29) is 17.7 Å². The van der Waals surface area contributed by atoms with Gasteiger partial charge < -0.3 is 5.32 Å². The van der Waals surface area contributed by atoms with Crippen LogP contribution in [0, 0.1) is 0 Å². The number of hydrogen-bond donors (Lipinski definition) is 1. The summed E-state index contributed by atoms with van der Waals surface area (Å²) in [5.41, 5.74) is 1.03. The van der Waals surface area contributed by atoms with E-state index < -0.39 is 17.5 Å². The van der Waals surface area contributed by atoms with Gasteiger partial charge in [0, 0.05) is 10.0 Å². The molecular weight excluding hydrogens is 420 g/mol. The number of hydrogen-bond acceptors (Lipinski definition) is 3. The number of ketones is 1. The first-order valence-electron chi connectivity index (χ1n) is 9.06. The van der Waals surface area contributed by atoms with E-state index in [1.165, 1.54) is 0 Å². The number of carbonyl (C=O) groups is 3. The van der Waals surface area contributed by atoms with Gasteiger partial charge in [-0.1, -0.05) is 73.1 Å². The summed E-state index contributed by atoms with van der Waals surface area (Å²) in [4.78, 5) is 39.1. The number of nitrogens with one attached hydrogen (secondary N) is 1. The molecule has 0 spiro atoms. The normalized spacial score (nSPS) is 19.7. The molecule has 1 N–H and O–H groups in total. The van der Waals surface area contributed by atoms with Crippen LogP contribution in [0.5, 0.6) is 0 Å². The lowest BCUT2D eigenvalue weighted by atomic mass is 9.86. The Kier molecular flexibility index (Phi) is 5.19. The van der Waals surface area contributed by atoms with Crippen molar-refractivity contribution >= 4 is 33.7 Å². The fourth-order valence-electron chi connectivity index (χ4n) is 3.23. The second kappa shape index (κ2) is 7.17. The predicted molar refractivity (Wildman–Crippen MR) is 111 cm³/mol. The van der Waals surface area contributed by atoms with E-state index in [1.807, 2.05) is 18.2 Å². The number of carbonyl (C=O) groups excluding carboxylic acids is 3. The van der Waals surface area contributed by atoms with E-state index in [2.05, 4.69) is 42.0 Å². The number of nitrogens with zero attached hydrogens (tertiary/aromatic N) is 1. The van der Waals surface area contributed by atoms with Crippen molar-refractivity contribution in [3.05, 3.63) is 69.7 Å². The number of Topliss-reactive ketones (excluding diaryl/α,β-unsaturated/α-hetero) is 1. The minimum atomic E-state index is -1.20. The zero-order valence-electron chi connectivity index (χ0n) is 16.4. The standard InChI is InChI=1S/C22H23BrN2O3/c1-21(2,3)15-10-8-14(9-11-15)18(26)13-25-19(27)22(4,24-20(25)28)16-6-5-7-17(23)12-16/h5-12H,13H2,1-4H3,(H,24,28). The van der Waals surface area contributed by atoms with Crippen LogP contribution in [0.4, 0.5) is 4.79 Å². The molecule has 0 aliphatic carbocycles. The molecule has 1 saturated heterocycles. The SMILES string of the molecule is CC(C)(C)c1ccc(C(=O)CN2C(=O)NC(C)(c3cccc(Br)c3)C2=O)cc1. The lowest BCUT2D eigenvalue weighted by molar-refractivity contribution is -0.130. The van der Waals surface area contributed by atoms with Crippen molar-refractivity contribution in [1.82, 2.24) is 10.2 Å². The molecule has 1 fully saturated rings. The van der Waals surface area contributed by atoms with E-state index in [4.69, 9.17) is 0 Å². The molecule has 1 unspecified atom stereocenters. The summed E-state index contributed by atoms with van der Waals surface area (Å²) in [5, 5.41) is 2.72. The predicted octanol–water partition coefficient (Wildman–Crippen LogP) is 4.40. The number of halogens is 1. The van der Waals surface area contributed by atoms with Crippen LogP contribution in [0.3, 0.4) is 0 Å². The fraction of sp³-hybridized carbons (Fsp3) is 0.318. The molecule has 0 aromatic heterocycles. The van der Waals surface area contributed by atoms with Crippen molar-refractivity contribution in [3.63, 3.8) is 0 Å². The number of imide groups is 1. The van der Waals surface area contributed by atoms with Gasteiger partial charge in [0.1, 0.15) is 5.54 Å². The second-order valence-electron chi connectivity index (χ2n) is 8.21. The van der Waals surface area contributed by atoms with Crippen molar-refractivity contribution in [2.75, 3.05) is 6.54 Å². The molecule has 146 valence electrons. The highest BCUT2D eigenvalue weighted by Crippen LogP contribution is 2.30. The Labute approximate surface area is 173 Å². The zero-order chi connectivity index (χ0) is 20.7.